The van der Waals surface area contributed by atoms with Crippen molar-refractivity contribution in [1.82, 2.24) is 10.4 Å². The number of halogens is 3. The number of nitrogens with zero attached hydrogens (tertiary/aromatic N) is 2. The molecule has 0 aliphatic heterocycles. The van der Waals surface area contributed by atoms with Gasteiger partial charge in [0.2, 0.25) is 11.6 Å². The second-order valence-electron chi connectivity index (χ2n) is 5.87. The summed E-state index contributed by atoms with van der Waals surface area (Å²) in [7, 11) is 0. The molecule has 0 aromatic heterocycles. The third kappa shape index (κ3) is 5.31. The van der Waals surface area contributed by atoms with Crippen molar-refractivity contribution in [2.75, 3.05) is 19.7 Å². The molecular weight excluding hydrogens is 395 g/mol. The second kappa shape index (κ2) is 10.6. The van der Waals surface area contributed by atoms with Crippen molar-refractivity contribution < 1.29 is 32.4 Å². The molecule has 0 aliphatic carbocycles. The SMILES string of the molecule is CCCOC(=O)/C(=C/NN(CC)CC)C(=O)c1c(F)c(C)c(F)c(F)c1[N+](=O)[O-]. The lowest BCUT2D eigenvalue weighted by molar-refractivity contribution is -0.388. The molecule has 8 nitrogen and oxygen atoms in total. The molecule has 0 saturated heterocycles. The van der Waals surface area contributed by atoms with E-state index in [0.717, 1.165) is 13.1 Å². The molecule has 0 unspecified atom stereocenters. The molecule has 0 fully saturated rings. The zero-order valence-electron chi connectivity index (χ0n) is 16.5. The standard InChI is InChI=1S/C18H22F3N3O5/c1-5-8-29-18(26)11(9-22-23(6-2)7-3)17(25)12-13(19)10(4)14(20)15(21)16(12)24(27)28/h9,22H,5-8H2,1-4H3/b11-9+. The van der Waals surface area contributed by atoms with Gasteiger partial charge in [0.15, 0.2) is 5.82 Å². The fraction of sp³-hybridized carbons (Fsp3) is 0.444. The highest BCUT2D eigenvalue weighted by molar-refractivity contribution is 6.25. The summed E-state index contributed by atoms with van der Waals surface area (Å²) in [5, 5.41) is 12.8. The van der Waals surface area contributed by atoms with Gasteiger partial charge in [0, 0.05) is 24.9 Å². The predicted octanol–water partition coefficient (Wildman–Crippen LogP) is 3.19. The first-order valence-electron chi connectivity index (χ1n) is 8.86. The van der Waals surface area contributed by atoms with Gasteiger partial charge in [-0.15, -0.1) is 0 Å². The molecule has 0 saturated carbocycles. The molecule has 29 heavy (non-hydrogen) atoms. The first-order valence-corrected chi connectivity index (χ1v) is 8.86. The van der Waals surface area contributed by atoms with Gasteiger partial charge in [-0.05, 0) is 13.3 Å². The van der Waals surface area contributed by atoms with Crippen LogP contribution in [0.15, 0.2) is 11.8 Å². The lowest BCUT2D eigenvalue weighted by Crippen LogP contribution is -2.35. The molecule has 1 aromatic rings. The van der Waals surface area contributed by atoms with Crippen LogP contribution in [0.3, 0.4) is 0 Å². The van der Waals surface area contributed by atoms with E-state index in [4.69, 9.17) is 4.74 Å². The molecule has 1 rings (SSSR count). The number of ketones is 1. The molecular formula is C18H22F3N3O5. The maximum Gasteiger partial charge on any atom is 0.343 e. The maximum absolute atomic E-state index is 14.6. The van der Waals surface area contributed by atoms with E-state index in [9.17, 15) is 32.9 Å². The Balaban J connectivity index is 3.63. The number of ether oxygens (including phenoxy) is 1. The van der Waals surface area contributed by atoms with Crippen LogP contribution in [0.25, 0.3) is 0 Å². The summed E-state index contributed by atoms with van der Waals surface area (Å²) in [5.41, 5.74) is -2.13. The Kier molecular flexibility index (Phi) is 8.77. The van der Waals surface area contributed by atoms with Gasteiger partial charge in [-0.3, -0.25) is 14.9 Å². The molecule has 160 valence electrons. The molecule has 0 radical (unpaired) electrons. The van der Waals surface area contributed by atoms with E-state index >= 15 is 0 Å². The highest BCUT2D eigenvalue weighted by Crippen LogP contribution is 2.32. The Labute approximate surface area is 165 Å². The van der Waals surface area contributed by atoms with Crippen LogP contribution in [0, 0.1) is 34.5 Å². The number of carbonyl (C=O) groups excluding carboxylic acids is 2. The van der Waals surface area contributed by atoms with Gasteiger partial charge in [0.05, 0.1) is 11.5 Å². The largest absolute Gasteiger partial charge is 0.462 e. The molecule has 1 N–H and O–H groups in total. The Morgan fingerprint density at radius 3 is 2.21 bits per heavy atom. The number of rotatable bonds is 10. The molecule has 0 spiro atoms. The highest BCUT2D eigenvalue weighted by atomic mass is 19.2. The van der Waals surface area contributed by atoms with Crippen LogP contribution in [-0.2, 0) is 9.53 Å². The summed E-state index contributed by atoms with van der Waals surface area (Å²) in [6, 6.07) is 0. The van der Waals surface area contributed by atoms with Crippen molar-refractivity contribution >= 4 is 17.4 Å². The average Bonchev–Trinajstić information content (AvgIpc) is 2.69. The van der Waals surface area contributed by atoms with E-state index in [1.165, 1.54) is 0 Å². The van der Waals surface area contributed by atoms with Gasteiger partial charge in [-0.1, -0.05) is 20.8 Å². The average molecular weight is 417 g/mol. The lowest BCUT2D eigenvalue weighted by atomic mass is 9.98. The zero-order chi connectivity index (χ0) is 22.3. The van der Waals surface area contributed by atoms with Crippen LogP contribution in [0.5, 0.6) is 0 Å². The van der Waals surface area contributed by atoms with Gasteiger partial charge in [-0.25, -0.2) is 18.6 Å². The second-order valence-corrected chi connectivity index (χ2v) is 5.87. The minimum absolute atomic E-state index is 0.0733. The quantitative estimate of drug-likeness (QED) is 0.0912. The summed E-state index contributed by atoms with van der Waals surface area (Å²) in [6.45, 7) is 6.89. The van der Waals surface area contributed by atoms with E-state index in [1.807, 2.05) is 0 Å². The van der Waals surface area contributed by atoms with Gasteiger partial charge >= 0.3 is 11.7 Å². The first-order chi connectivity index (χ1) is 13.6. The van der Waals surface area contributed by atoms with Crippen molar-refractivity contribution in [2.24, 2.45) is 0 Å². The molecule has 0 bridgehead atoms. The Bertz CT molecular complexity index is 839. The van der Waals surface area contributed by atoms with Crippen LogP contribution in [-0.4, -0.2) is 41.4 Å². The highest BCUT2D eigenvalue weighted by Gasteiger charge is 2.37. The molecule has 0 heterocycles. The third-order valence-corrected chi connectivity index (χ3v) is 3.98. The van der Waals surface area contributed by atoms with Crippen LogP contribution in [0.1, 0.15) is 43.1 Å². The van der Waals surface area contributed by atoms with Gasteiger partial charge < -0.3 is 10.2 Å². The molecule has 11 heteroatoms. The van der Waals surface area contributed by atoms with Gasteiger partial charge in [0.1, 0.15) is 17.0 Å². The monoisotopic (exact) mass is 417 g/mol. The van der Waals surface area contributed by atoms with Crippen molar-refractivity contribution in [3.63, 3.8) is 0 Å². The minimum atomic E-state index is -1.99. The number of hydrogen-bond acceptors (Lipinski definition) is 7. The summed E-state index contributed by atoms with van der Waals surface area (Å²) >= 11 is 0. The Morgan fingerprint density at radius 1 is 1.14 bits per heavy atom. The number of Topliss-reactive ketones (excluding diaryl/α,β-unsaturated/α-hetero) is 1. The van der Waals surface area contributed by atoms with E-state index in [1.54, 1.807) is 25.8 Å². The van der Waals surface area contributed by atoms with E-state index in [2.05, 4.69) is 5.43 Å². The fourth-order valence-electron chi connectivity index (χ4n) is 2.33. The van der Waals surface area contributed by atoms with Gasteiger partial charge in [-0.2, -0.15) is 4.39 Å². The molecule has 0 aliphatic rings. The summed E-state index contributed by atoms with van der Waals surface area (Å²) < 4.78 is 47.3. The summed E-state index contributed by atoms with van der Waals surface area (Å²) in [4.78, 5) is 34.9. The number of nitrogens with one attached hydrogen (secondary N) is 1. The van der Waals surface area contributed by atoms with Crippen molar-refractivity contribution in [3.05, 3.63) is 50.5 Å². The van der Waals surface area contributed by atoms with E-state index < -0.39 is 56.5 Å². The third-order valence-electron chi connectivity index (χ3n) is 3.98. The number of hydrogen-bond donors (Lipinski definition) is 1. The van der Waals surface area contributed by atoms with Crippen molar-refractivity contribution in [1.29, 1.82) is 0 Å². The summed E-state index contributed by atoms with van der Waals surface area (Å²) in [5.74, 6) is -8.09. The Morgan fingerprint density at radius 2 is 1.72 bits per heavy atom. The fourth-order valence-corrected chi connectivity index (χ4v) is 2.33. The molecule has 1 aromatic carbocycles. The van der Waals surface area contributed by atoms with Crippen molar-refractivity contribution in [2.45, 2.75) is 34.1 Å². The number of hydrazine groups is 1. The lowest BCUT2D eigenvalue weighted by Gasteiger charge is -2.18. The summed E-state index contributed by atoms with van der Waals surface area (Å²) in [6.07, 6.45) is 1.31. The van der Waals surface area contributed by atoms with Crippen LogP contribution in [0.4, 0.5) is 18.9 Å². The Hall–Kier alpha value is -2.95. The molecule has 0 amide bonds. The number of benzene rings is 1. The predicted molar refractivity (Wildman–Crippen MR) is 97.4 cm³/mol. The first kappa shape index (κ1) is 24.1. The van der Waals surface area contributed by atoms with Crippen LogP contribution >= 0.6 is 0 Å². The smallest absolute Gasteiger partial charge is 0.343 e. The van der Waals surface area contributed by atoms with Crippen LogP contribution < -0.4 is 5.43 Å². The van der Waals surface area contributed by atoms with E-state index in [0.29, 0.717) is 19.5 Å². The minimum Gasteiger partial charge on any atom is -0.462 e. The van der Waals surface area contributed by atoms with Crippen molar-refractivity contribution in [3.8, 4) is 0 Å². The number of nitro benzene ring substituents is 1. The topological polar surface area (TPSA) is 102 Å². The number of carbonyl (C=O) groups is 2. The maximum atomic E-state index is 14.6. The normalized spacial score (nSPS) is 11.5. The zero-order valence-corrected chi connectivity index (χ0v) is 16.5. The number of esters is 1. The molecule has 0 atom stereocenters. The van der Waals surface area contributed by atoms with E-state index in [-0.39, 0.29) is 6.61 Å². The van der Waals surface area contributed by atoms with Crippen LogP contribution in [0.2, 0.25) is 0 Å². The number of nitro groups is 1. The van der Waals surface area contributed by atoms with Gasteiger partial charge in [0.25, 0.3) is 0 Å².